The first-order valence-corrected chi connectivity index (χ1v) is 15.0. The van der Waals surface area contributed by atoms with Gasteiger partial charge in [-0.15, -0.1) is 0 Å². The molecular weight excluding hydrogens is 495 g/mol. The summed E-state index contributed by atoms with van der Waals surface area (Å²) in [5, 5.41) is 0. The van der Waals surface area contributed by atoms with E-state index in [0.717, 1.165) is 12.8 Å². The van der Waals surface area contributed by atoms with Crippen LogP contribution in [0.4, 0.5) is 28.4 Å². The largest absolute Gasteiger partial charge is 0.315 e. The summed E-state index contributed by atoms with van der Waals surface area (Å²) in [4.78, 5) is 5.17. The molecule has 2 heterocycles. The Morgan fingerprint density at radius 3 is 1.88 bits per heavy atom. The molecule has 2 nitrogen and oxygen atoms in total. The summed E-state index contributed by atoms with van der Waals surface area (Å²) in [5.41, 5.74) is 19.0. The van der Waals surface area contributed by atoms with Crippen LogP contribution in [0.3, 0.4) is 0 Å². The van der Waals surface area contributed by atoms with E-state index in [0.29, 0.717) is 0 Å². The highest BCUT2D eigenvalue weighted by molar-refractivity contribution is 6.95. The fourth-order valence-electron chi connectivity index (χ4n) is 7.12. The van der Waals surface area contributed by atoms with Crippen LogP contribution in [0.15, 0.2) is 102 Å². The van der Waals surface area contributed by atoms with Gasteiger partial charge in [-0.1, -0.05) is 86.5 Å². The van der Waals surface area contributed by atoms with Crippen LogP contribution in [0.1, 0.15) is 62.8 Å². The maximum Gasteiger partial charge on any atom is 0.251 e. The van der Waals surface area contributed by atoms with E-state index in [1.54, 1.807) is 0 Å². The van der Waals surface area contributed by atoms with Gasteiger partial charge in [-0.2, -0.15) is 0 Å². The minimum atomic E-state index is 0.00109. The molecule has 2 aliphatic heterocycles. The number of hydrogen-bond donors (Lipinski definition) is 0. The van der Waals surface area contributed by atoms with E-state index in [9.17, 15) is 0 Å². The number of aryl methyl sites for hydroxylation is 3. The summed E-state index contributed by atoms with van der Waals surface area (Å²) < 4.78 is 0. The molecule has 0 unspecified atom stereocenters. The molecule has 3 aliphatic rings. The monoisotopic (exact) mass is 534 g/mol. The normalized spacial score (nSPS) is 15.9. The molecule has 0 saturated heterocycles. The average Bonchev–Trinajstić information content (AvgIpc) is 2.93. The minimum Gasteiger partial charge on any atom is -0.315 e. The zero-order valence-electron chi connectivity index (χ0n) is 25.5. The number of benzene rings is 4. The van der Waals surface area contributed by atoms with E-state index in [1.807, 2.05) is 0 Å². The van der Waals surface area contributed by atoms with Crippen molar-refractivity contribution in [1.82, 2.24) is 0 Å². The topological polar surface area (TPSA) is 6.48 Å². The van der Waals surface area contributed by atoms with E-state index < -0.39 is 0 Å². The standard InChI is InChI=1S/C38H39BN2/c1-24-16-18-33-29(20-24)39-30-21-25(2)17-19-34(30)41(32-15-11-9-13-27(32)4)36-23-28(38(5,6)7)22-35(37(36)39)40(33)31-14-10-8-12-26(31)3/h8-16,18,20-23H,17,19H2,1-7H3. The van der Waals surface area contributed by atoms with Gasteiger partial charge in [-0.3, -0.25) is 0 Å². The van der Waals surface area contributed by atoms with Crippen molar-refractivity contribution in [3.63, 3.8) is 0 Å². The Bertz CT molecular complexity index is 1780. The first-order chi connectivity index (χ1) is 19.6. The fourth-order valence-corrected chi connectivity index (χ4v) is 7.12. The molecule has 41 heavy (non-hydrogen) atoms. The highest BCUT2D eigenvalue weighted by Gasteiger charge is 2.45. The smallest absolute Gasteiger partial charge is 0.251 e. The van der Waals surface area contributed by atoms with Gasteiger partial charge in [0.2, 0.25) is 0 Å². The summed E-state index contributed by atoms with van der Waals surface area (Å²) in [6, 6.07) is 29.8. The molecule has 1 aliphatic carbocycles. The SMILES string of the molecule is CC1=CC2=C(CC1)N(c1ccccc1C)c1cc(C(C)(C)C)cc3c1B2c1cc(C)ccc1N3c1ccccc1C. The van der Waals surface area contributed by atoms with E-state index in [1.165, 1.54) is 78.4 Å². The van der Waals surface area contributed by atoms with Crippen LogP contribution < -0.4 is 20.7 Å². The van der Waals surface area contributed by atoms with Gasteiger partial charge in [0, 0.05) is 34.1 Å². The molecule has 7 rings (SSSR count). The molecular formula is C38H39BN2. The van der Waals surface area contributed by atoms with Crippen molar-refractivity contribution in [3.8, 4) is 0 Å². The maximum absolute atomic E-state index is 2.62. The van der Waals surface area contributed by atoms with Gasteiger partial charge in [0.25, 0.3) is 6.71 Å². The second-order valence-corrected chi connectivity index (χ2v) is 13.3. The zero-order valence-corrected chi connectivity index (χ0v) is 25.5. The van der Waals surface area contributed by atoms with Crippen molar-refractivity contribution in [2.45, 2.75) is 66.7 Å². The van der Waals surface area contributed by atoms with Crippen LogP contribution in [-0.2, 0) is 5.41 Å². The fraction of sp³-hybridized carbons (Fsp3) is 0.263. The van der Waals surface area contributed by atoms with Gasteiger partial charge in [0.1, 0.15) is 0 Å². The Morgan fingerprint density at radius 1 is 0.634 bits per heavy atom. The Kier molecular flexibility index (Phi) is 5.87. The molecule has 0 aromatic heterocycles. The molecule has 4 aromatic carbocycles. The van der Waals surface area contributed by atoms with Gasteiger partial charge in [-0.25, -0.2) is 0 Å². The van der Waals surface area contributed by atoms with E-state index >= 15 is 0 Å². The molecule has 0 atom stereocenters. The number of allylic oxidation sites excluding steroid dienone is 4. The van der Waals surface area contributed by atoms with Crippen LogP contribution in [0, 0.1) is 20.8 Å². The Morgan fingerprint density at radius 2 is 1.24 bits per heavy atom. The highest BCUT2D eigenvalue weighted by atomic mass is 15.2. The summed E-state index contributed by atoms with van der Waals surface area (Å²) in [6.07, 6.45) is 4.67. The minimum absolute atomic E-state index is 0.00109. The average molecular weight is 535 g/mol. The quantitative estimate of drug-likeness (QED) is 0.237. The van der Waals surface area contributed by atoms with E-state index in [4.69, 9.17) is 0 Å². The molecule has 0 spiro atoms. The first kappa shape index (κ1) is 26.0. The lowest BCUT2D eigenvalue weighted by Crippen LogP contribution is -2.56. The third-order valence-corrected chi connectivity index (χ3v) is 9.29. The number of anilines is 5. The third kappa shape index (κ3) is 4.01. The Balaban J connectivity index is 1.65. The van der Waals surface area contributed by atoms with Crippen molar-refractivity contribution in [1.29, 1.82) is 0 Å². The lowest BCUT2D eigenvalue weighted by atomic mass is 9.32. The second kappa shape index (κ2) is 9.28. The van der Waals surface area contributed by atoms with Crippen molar-refractivity contribution < 1.29 is 0 Å². The molecule has 0 fully saturated rings. The van der Waals surface area contributed by atoms with Crippen molar-refractivity contribution in [2.75, 3.05) is 9.80 Å². The Hall–Kier alpha value is -3.98. The lowest BCUT2D eigenvalue weighted by Gasteiger charge is -2.47. The van der Waals surface area contributed by atoms with E-state index in [2.05, 4.69) is 143 Å². The predicted molar refractivity (Wildman–Crippen MR) is 178 cm³/mol. The van der Waals surface area contributed by atoms with Crippen LogP contribution in [0.2, 0.25) is 0 Å². The number of hydrogen-bond acceptors (Lipinski definition) is 2. The zero-order chi connectivity index (χ0) is 28.6. The number of para-hydroxylation sites is 2. The highest BCUT2D eigenvalue weighted by Crippen LogP contribution is 2.49. The summed E-state index contributed by atoms with van der Waals surface area (Å²) >= 11 is 0. The van der Waals surface area contributed by atoms with Gasteiger partial charge in [-0.05, 0) is 109 Å². The van der Waals surface area contributed by atoms with Gasteiger partial charge < -0.3 is 9.80 Å². The molecule has 4 aromatic rings. The molecule has 0 radical (unpaired) electrons. The summed E-state index contributed by atoms with van der Waals surface area (Å²) in [7, 11) is 0. The van der Waals surface area contributed by atoms with Gasteiger partial charge in [0.05, 0.1) is 0 Å². The molecule has 0 amide bonds. The van der Waals surface area contributed by atoms with Crippen molar-refractivity contribution >= 4 is 46.1 Å². The number of nitrogens with zero attached hydrogens (tertiary/aromatic N) is 2. The molecule has 204 valence electrons. The predicted octanol–water partition coefficient (Wildman–Crippen LogP) is 8.99. The van der Waals surface area contributed by atoms with Crippen LogP contribution in [0.5, 0.6) is 0 Å². The molecule has 0 saturated carbocycles. The van der Waals surface area contributed by atoms with Crippen LogP contribution in [-0.4, -0.2) is 6.71 Å². The maximum atomic E-state index is 2.62. The van der Waals surface area contributed by atoms with Crippen molar-refractivity contribution in [3.05, 3.63) is 124 Å². The van der Waals surface area contributed by atoms with Gasteiger partial charge >= 0.3 is 0 Å². The van der Waals surface area contributed by atoms with Crippen LogP contribution >= 0.6 is 0 Å². The number of rotatable bonds is 2. The first-order valence-electron chi connectivity index (χ1n) is 15.0. The summed E-state index contributed by atoms with van der Waals surface area (Å²) in [5.74, 6) is 0. The second-order valence-electron chi connectivity index (χ2n) is 13.3. The van der Waals surface area contributed by atoms with Crippen molar-refractivity contribution in [2.24, 2.45) is 0 Å². The molecule has 0 bridgehead atoms. The number of fused-ring (bicyclic) bond motifs is 3. The lowest BCUT2D eigenvalue weighted by molar-refractivity contribution is 0.590. The van der Waals surface area contributed by atoms with Gasteiger partial charge in [0.15, 0.2) is 0 Å². The Labute approximate surface area is 246 Å². The van der Waals surface area contributed by atoms with E-state index in [-0.39, 0.29) is 12.1 Å². The molecule has 3 heteroatoms. The summed E-state index contributed by atoms with van der Waals surface area (Å²) in [6.45, 7) is 16.3. The molecule has 0 N–H and O–H groups in total. The third-order valence-electron chi connectivity index (χ3n) is 9.29. The van der Waals surface area contributed by atoms with Crippen LogP contribution in [0.25, 0.3) is 0 Å².